The first-order chi connectivity index (χ1) is 10.8. The normalized spacial score (nSPS) is 16.4. The molecule has 3 rings (SSSR count). The van der Waals surface area contributed by atoms with Crippen molar-refractivity contribution in [3.05, 3.63) is 33.4 Å². The number of aromatic nitrogens is 1. The number of rotatable bonds is 6. The van der Waals surface area contributed by atoms with E-state index >= 15 is 0 Å². The van der Waals surface area contributed by atoms with E-state index in [9.17, 15) is 4.79 Å². The molecule has 1 aliphatic rings. The molecule has 0 spiro atoms. The maximum atomic E-state index is 12.3. The third-order valence-corrected chi connectivity index (χ3v) is 5.52. The smallest absolute Gasteiger partial charge is 0.303 e. The highest BCUT2D eigenvalue weighted by atomic mass is 32.1. The fourth-order valence-electron chi connectivity index (χ4n) is 3.40. The maximum absolute atomic E-state index is 12.3. The standard InChI is InChI=1S/C18H26N2OS/c1-2-7-15-8-9-16-17(14-15)22-18(21)20(16)13-6-12-19-10-4-3-5-11-19/h8-9,14H,2-7,10-13H2,1H3. The lowest BCUT2D eigenvalue weighted by Gasteiger charge is -2.26. The van der Waals surface area contributed by atoms with Gasteiger partial charge in [0.05, 0.1) is 10.2 Å². The highest BCUT2D eigenvalue weighted by Crippen LogP contribution is 2.20. The molecule has 0 aliphatic carbocycles. The number of thiazole rings is 1. The van der Waals surface area contributed by atoms with Crippen molar-refractivity contribution < 1.29 is 0 Å². The van der Waals surface area contributed by atoms with Crippen LogP contribution in [0.1, 0.15) is 44.6 Å². The zero-order chi connectivity index (χ0) is 15.4. The van der Waals surface area contributed by atoms with E-state index in [0.717, 1.165) is 42.6 Å². The molecule has 22 heavy (non-hydrogen) atoms. The second-order valence-corrected chi connectivity index (χ2v) is 7.32. The molecule has 0 atom stereocenters. The summed E-state index contributed by atoms with van der Waals surface area (Å²) in [5.41, 5.74) is 2.46. The average Bonchev–Trinajstić information content (AvgIpc) is 2.84. The summed E-state index contributed by atoms with van der Waals surface area (Å²) in [7, 11) is 0. The van der Waals surface area contributed by atoms with Crippen LogP contribution in [-0.4, -0.2) is 29.1 Å². The summed E-state index contributed by atoms with van der Waals surface area (Å²) < 4.78 is 3.12. The van der Waals surface area contributed by atoms with Crippen molar-refractivity contribution in [2.45, 2.75) is 52.0 Å². The maximum Gasteiger partial charge on any atom is 0.308 e. The van der Waals surface area contributed by atoms with Crippen molar-refractivity contribution in [3.8, 4) is 0 Å². The van der Waals surface area contributed by atoms with E-state index in [4.69, 9.17) is 0 Å². The quantitative estimate of drug-likeness (QED) is 0.807. The molecule has 1 saturated heterocycles. The van der Waals surface area contributed by atoms with Crippen LogP contribution in [0.4, 0.5) is 0 Å². The van der Waals surface area contributed by atoms with Crippen molar-refractivity contribution in [1.29, 1.82) is 0 Å². The van der Waals surface area contributed by atoms with Crippen molar-refractivity contribution in [3.63, 3.8) is 0 Å². The van der Waals surface area contributed by atoms with Gasteiger partial charge in [-0.25, -0.2) is 0 Å². The van der Waals surface area contributed by atoms with Crippen molar-refractivity contribution >= 4 is 21.6 Å². The number of likely N-dealkylation sites (tertiary alicyclic amines) is 1. The predicted octanol–water partition coefficient (Wildman–Crippen LogP) is 3.89. The number of piperidine rings is 1. The summed E-state index contributed by atoms with van der Waals surface area (Å²) in [4.78, 5) is 15.0. The number of nitrogens with zero attached hydrogens (tertiary/aromatic N) is 2. The van der Waals surface area contributed by atoms with E-state index in [1.165, 1.54) is 49.3 Å². The second-order valence-electron chi connectivity index (χ2n) is 6.33. The third kappa shape index (κ3) is 3.61. The van der Waals surface area contributed by atoms with Gasteiger partial charge in [-0.3, -0.25) is 9.36 Å². The molecular formula is C18H26N2OS. The van der Waals surface area contributed by atoms with Gasteiger partial charge in [-0.05, 0) is 63.0 Å². The Bertz CT molecular complexity index is 667. The van der Waals surface area contributed by atoms with Gasteiger partial charge in [0.1, 0.15) is 0 Å². The van der Waals surface area contributed by atoms with Crippen molar-refractivity contribution in [1.82, 2.24) is 9.47 Å². The molecule has 0 unspecified atom stereocenters. The monoisotopic (exact) mass is 318 g/mol. The molecule has 1 aromatic heterocycles. The summed E-state index contributed by atoms with van der Waals surface area (Å²) in [6, 6.07) is 6.52. The lowest BCUT2D eigenvalue weighted by atomic mass is 10.1. The number of hydrogen-bond acceptors (Lipinski definition) is 3. The van der Waals surface area contributed by atoms with Gasteiger partial charge < -0.3 is 4.90 Å². The Morgan fingerprint density at radius 2 is 1.95 bits per heavy atom. The van der Waals surface area contributed by atoms with Crippen LogP contribution in [0.15, 0.2) is 23.0 Å². The lowest BCUT2D eigenvalue weighted by Crippen LogP contribution is -2.31. The minimum Gasteiger partial charge on any atom is -0.303 e. The SMILES string of the molecule is CCCc1ccc2c(c1)sc(=O)n2CCCN1CCCCC1. The number of fused-ring (bicyclic) bond motifs is 1. The summed E-state index contributed by atoms with van der Waals surface area (Å²) >= 11 is 1.40. The largest absolute Gasteiger partial charge is 0.308 e. The fourth-order valence-corrected chi connectivity index (χ4v) is 4.38. The van der Waals surface area contributed by atoms with Gasteiger partial charge >= 0.3 is 4.87 Å². The van der Waals surface area contributed by atoms with Crippen LogP contribution in [0.2, 0.25) is 0 Å². The highest BCUT2D eigenvalue weighted by molar-refractivity contribution is 7.16. The molecule has 1 fully saturated rings. The molecule has 1 aromatic carbocycles. The molecule has 2 heterocycles. The van der Waals surface area contributed by atoms with Gasteiger partial charge in [-0.15, -0.1) is 0 Å². The van der Waals surface area contributed by atoms with Crippen LogP contribution in [0.25, 0.3) is 10.2 Å². The average molecular weight is 318 g/mol. The predicted molar refractivity (Wildman–Crippen MR) is 95.0 cm³/mol. The van der Waals surface area contributed by atoms with E-state index < -0.39 is 0 Å². The fraction of sp³-hybridized carbons (Fsp3) is 0.611. The minimum absolute atomic E-state index is 0.197. The minimum atomic E-state index is 0.197. The Balaban J connectivity index is 1.67. The van der Waals surface area contributed by atoms with Crippen LogP contribution >= 0.6 is 11.3 Å². The van der Waals surface area contributed by atoms with Gasteiger partial charge in [0.2, 0.25) is 0 Å². The molecular weight excluding hydrogens is 292 g/mol. The summed E-state index contributed by atoms with van der Waals surface area (Å²) in [6.07, 6.45) is 7.37. The highest BCUT2D eigenvalue weighted by Gasteiger charge is 2.11. The molecule has 0 N–H and O–H groups in total. The van der Waals surface area contributed by atoms with Gasteiger partial charge in [0.25, 0.3) is 0 Å². The molecule has 0 amide bonds. The molecule has 120 valence electrons. The van der Waals surface area contributed by atoms with Gasteiger partial charge in [-0.1, -0.05) is 37.2 Å². The van der Waals surface area contributed by atoms with Crippen LogP contribution in [0.5, 0.6) is 0 Å². The van der Waals surface area contributed by atoms with Crippen LogP contribution in [-0.2, 0) is 13.0 Å². The van der Waals surface area contributed by atoms with Crippen molar-refractivity contribution in [2.24, 2.45) is 0 Å². The molecule has 2 aromatic rings. The summed E-state index contributed by atoms with van der Waals surface area (Å²) in [5.74, 6) is 0. The van der Waals surface area contributed by atoms with Crippen LogP contribution in [0.3, 0.4) is 0 Å². The van der Waals surface area contributed by atoms with Crippen molar-refractivity contribution in [2.75, 3.05) is 19.6 Å². The zero-order valence-corrected chi connectivity index (χ0v) is 14.3. The Hall–Kier alpha value is -1.13. The Morgan fingerprint density at radius 1 is 1.14 bits per heavy atom. The van der Waals surface area contributed by atoms with E-state index in [0.29, 0.717) is 0 Å². The molecule has 0 saturated carbocycles. The molecule has 0 radical (unpaired) electrons. The zero-order valence-electron chi connectivity index (χ0n) is 13.5. The second kappa shape index (κ2) is 7.42. The first kappa shape index (κ1) is 15.8. The lowest BCUT2D eigenvalue weighted by molar-refractivity contribution is 0.223. The van der Waals surface area contributed by atoms with E-state index in [1.807, 2.05) is 4.57 Å². The molecule has 3 nitrogen and oxygen atoms in total. The third-order valence-electron chi connectivity index (χ3n) is 4.58. The van der Waals surface area contributed by atoms with Crippen LogP contribution in [0, 0.1) is 0 Å². The first-order valence-electron chi connectivity index (χ1n) is 8.62. The molecule has 4 heteroatoms. The van der Waals surface area contributed by atoms with Gasteiger partial charge in [0, 0.05) is 6.54 Å². The molecule has 1 aliphatic heterocycles. The number of aryl methyl sites for hydroxylation is 2. The van der Waals surface area contributed by atoms with Crippen LogP contribution < -0.4 is 4.87 Å². The molecule has 0 bridgehead atoms. The van der Waals surface area contributed by atoms with E-state index in [2.05, 4.69) is 30.0 Å². The van der Waals surface area contributed by atoms with E-state index in [1.54, 1.807) is 0 Å². The Labute approximate surface area is 136 Å². The number of hydrogen-bond donors (Lipinski definition) is 0. The topological polar surface area (TPSA) is 25.2 Å². The summed E-state index contributed by atoms with van der Waals surface area (Å²) in [5, 5.41) is 0. The van der Waals surface area contributed by atoms with Gasteiger partial charge in [0.15, 0.2) is 0 Å². The van der Waals surface area contributed by atoms with E-state index in [-0.39, 0.29) is 4.87 Å². The Kier molecular flexibility index (Phi) is 5.32. The summed E-state index contributed by atoms with van der Waals surface area (Å²) in [6.45, 7) is 6.64. The Morgan fingerprint density at radius 3 is 2.73 bits per heavy atom. The first-order valence-corrected chi connectivity index (χ1v) is 9.44. The number of benzene rings is 1. The van der Waals surface area contributed by atoms with Gasteiger partial charge in [-0.2, -0.15) is 0 Å².